The molecule has 2 aromatic heterocycles. The average molecular weight is 912 g/mol. The van der Waals surface area contributed by atoms with Crippen molar-refractivity contribution in [3.05, 3.63) is 59.8 Å². The molecule has 1 spiro atoms. The summed E-state index contributed by atoms with van der Waals surface area (Å²) in [5, 5.41) is 21.4. The number of fused-ring (bicyclic) bond motifs is 3. The van der Waals surface area contributed by atoms with E-state index in [1.807, 2.05) is 19.2 Å². The molecule has 6 heterocycles. The number of carbonyl (C=O) groups is 3. The third-order valence-corrected chi connectivity index (χ3v) is 16.8. The molecule has 2 aliphatic carbocycles. The summed E-state index contributed by atoms with van der Waals surface area (Å²) in [5.74, 6) is 1.27. The van der Waals surface area contributed by atoms with Crippen molar-refractivity contribution >= 4 is 62.0 Å². The number of amides is 4. The van der Waals surface area contributed by atoms with E-state index in [0.717, 1.165) is 73.0 Å². The lowest BCUT2D eigenvalue weighted by Crippen LogP contribution is -2.55. The molecule has 5 fully saturated rings. The first-order valence-corrected chi connectivity index (χ1v) is 24.6. The maximum atomic E-state index is 16.1. The SMILES string of the molecule is CC(C)[C@H]1CN([C@@H](C)c2cccc(S(=O)(=O)N3CCC(Nc4ncc5c(n4)N([C@@H]4CCC[C@@H](O)C4)C(=O)C54CC4)[C@H](F)C3)c2)CCN1c1ccc2c(N3CCC(=O)NC3=O)nn(C)c2c1. The number of nitrogens with one attached hydrogen (secondary N) is 2. The van der Waals surface area contributed by atoms with Gasteiger partial charge in [-0.3, -0.25) is 34.3 Å². The molecular weight excluding hydrogens is 854 g/mol. The van der Waals surface area contributed by atoms with Crippen LogP contribution in [0.15, 0.2) is 53.6 Å². The zero-order valence-corrected chi connectivity index (χ0v) is 38.2. The predicted octanol–water partition coefficient (Wildman–Crippen LogP) is 4.61. The molecule has 4 aliphatic heterocycles. The lowest BCUT2D eigenvalue weighted by atomic mass is 9.92. The molecule has 17 nitrogen and oxygen atoms in total. The molecular formula is C46H58FN11O6S. The summed E-state index contributed by atoms with van der Waals surface area (Å²) < 4.78 is 47.4. The smallest absolute Gasteiger partial charge is 0.329 e. The molecule has 2 saturated carbocycles. The van der Waals surface area contributed by atoms with Gasteiger partial charge in [-0.1, -0.05) is 26.0 Å². The van der Waals surface area contributed by atoms with Gasteiger partial charge in [-0.25, -0.2) is 22.6 Å². The molecule has 0 bridgehead atoms. The number of halogens is 1. The highest BCUT2D eigenvalue weighted by atomic mass is 32.2. The summed E-state index contributed by atoms with van der Waals surface area (Å²) in [6, 6.07) is 11.9. The van der Waals surface area contributed by atoms with Gasteiger partial charge in [-0.05, 0) is 93.7 Å². The summed E-state index contributed by atoms with van der Waals surface area (Å²) in [5.41, 5.74) is 2.98. The second kappa shape index (κ2) is 16.6. The van der Waals surface area contributed by atoms with Gasteiger partial charge in [0, 0.05) is 93.7 Å². The number of alkyl halides is 1. The van der Waals surface area contributed by atoms with Gasteiger partial charge in [0.05, 0.1) is 28.0 Å². The monoisotopic (exact) mass is 911 g/mol. The van der Waals surface area contributed by atoms with E-state index in [0.29, 0.717) is 24.5 Å². The molecule has 6 aliphatic rings. The van der Waals surface area contributed by atoms with E-state index in [4.69, 9.17) is 4.98 Å². The first-order chi connectivity index (χ1) is 31.1. The van der Waals surface area contributed by atoms with Gasteiger partial charge in [-0.15, -0.1) is 0 Å². The Morgan fingerprint density at radius 2 is 1.78 bits per heavy atom. The Morgan fingerprint density at radius 3 is 2.52 bits per heavy atom. The van der Waals surface area contributed by atoms with Crippen LogP contribution in [0.1, 0.15) is 89.3 Å². The summed E-state index contributed by atoms with van der Waals surface area (Å²) in [4.78, 5) is 55.6. The average Bonchev–Trinajstić information content (AvgIpc) is 3.99. The number of aryl methyl sites for hydroxylation is 1. The first kappa shape index (κ1) is 43.6. The lowest BCUT2D eigenvalue weighted by molar-refractivity contribution is -0.121. The molecule has 6 atom stereocenters. The highest BCUT2D eigenvalue weighted by Crippen LogP contribution is 2.57. The standard InChI is InChI=1S/C46H58FN11O6S/c1-27(2)39-26-54(19-20-56(39)30-11-12-34-38(23-30)53(4)52-41(34)57-18-14-40(60)50-45(57)62)28(3)29-7-5-10-33(21-29)65(63,64)55-17-13-37(36(47)25-55)49-44-48-24-35-42(51-44)58(43(61)46(35)15-16-46)31-8-6-9-32(59)22-31/h5,7,10-12,21,23-24,27-28,31-32,36-37,39,59H,6,8-9,13-20,22,25-26H2,1-4H3,(H,48,49,51)(H,50,60,62)/t28-,31+,32+,36+,37?,39+/m0/s1. The number of hydrogen-bond donors (Lipinski definition) is 3. The Morgan fingerprint density at radius 1 is 0.969 bits per heavy atom. The van der Waals surface area contributed by atoms with Crippen LogP contribution >= 0.6 is 0 Å². The van der Waals surface area contributed by atoms with Crippen molar-refractivity contribution in [2.24, 2.45) is 13.0 Å². The molecule has 4 aromatic rings. The van der Waals surface area contributed by atoms with Crippen LogP contribution < -0.4 is 25.3 Å². The highest BCUT2D eigenvalue weighted by molar-refractivity contribution is 7.89. The number of anilines is 4. The number of rotatable bonds is 10. The van der Waals surface area contributed by atoms with Gasteiger partial charge in [-0.2, -0.15) is 14.4 Å². The zero-order chi connectivity index (χ0) is 45.5. The Kier molecular flexibility index (Phi) is 11.1. The number of nitrogens with zero attached hydrogens (tertiary/aromatic N) is 9. The minimum atomic E-state index is -4.03. The summed E-state index contributed by atoms with van der Waals surface area (Å²) in [6.07, 6.45) is 4.39. The van der Waals surface area contributed by atoms with E-state index < -0.39 is 39.8 Å². The number of hydrogen-bond acceptors (Lipinski definition) is 12. The molecule has 19 heteroatoms. The molecule has 65 heavy (non-hydrogen) atoms. The fourth-order valence-corrected chi connectivity index (χ4v) is 12.4. The first-order valence-electron chi connectivity index (χ1n) is 23.1. The summed E-state index contributed by atoms with van der Waals surface area (Å²) in [7, 11) is -2.18. The fourth-order valence-electron chi connectivity index (χ4n) is 10.9. The normalized spacial score (nSPS) is 26.8. The number of carbonyl (C=O) groups excluding carboxylic acids is 3. The molecule has 2 aromatic carbocycles. The summed E-state index contributed by atoms with van der Waals surface area (Å²) >= 11 is 0. The van der Waals surface area contributed by atoms with Crippen LogP contribution in [0, 0.1) is 5.92 Å². The van der Waals surface area contributed by atoms with Gasteiger partial charge < -0.3 is 15.3 Å². The van der Waals surface area contributed by atoms with Crippen LogP contribution in [0.2, 0.25) is 0 Å². The maximum Gasteiger partial charge on any atom is 0.329 e. The Hall–Kier alpha value is -5.24. The number of aliphatic hydroxyl groups excluding tert-OH is 1. The van der Waals surface area contributed by atoms with Crippen LogP contribution in [0.4, 0.5) is 32.5 Å². The van der Waals surface area contributed by atoms with Crippen molar-refractivity contribution in [3.63, 3.8) is 0 Å². The number of sulfonamides is 1. The molecule has 3 saturated heterocycles. The van der Waals surface area contributed by atoms with E-state index in [1.165, 1.54) is 9.21 Å². The van der Waals surface area contributed by atoms with Crippen molar-refractivity contribution in [3.8, 4) is 0 Å². The fraction of sp³-hybridized carbons (Fsp3) is 0.565. The van der Waals surface area contributed by atoms with Crippen LogP contribution in [0.25, 0.3) is 10.9 Å². The minimum absolute atomic E-state index is 0.0142. The van der Waals surface area contributed by atoms with E-state index >= 15 is 4.39 Å². The number of urea groups is 1. The van der Waals surface area contributed by atoms with E-state index in [-0.39, 0.29) is 79.2 Å². The third-order valence-electron chi connectivity index (χ3n) is 14.9. The Bertz CT molecular complexity index is 2660. The predicted molar refractivity (Wildman–Crippen MR) is 243 cm³/mol. The topological polar surface area (TPSA) is 189 Å². The quantitative estimate of drug-likeness (QED) is 0.201. The second-order valence-corrected chi connectivity index (χ2v) is 21.2. The summed E-state index contributed by atoms with van der Waals surface area (Å²) in [6.45, 7) is 8.76. The number of piperazine rings is 1. The van der Waals surface area contributed by atoms with Crippen LogP contribution in [-0.2, 0) is 32.1 Å². The van der Waals surface area contributed by atoms with Gasteiger partial charge in [0.2, 0.25) is 27.8 Å². The lowest BCUT2D eigenvalue weighted by Gasteiger charge is -2.46. The minimum Gasteiger partial charge on any atom is -0.393 e. The third kappa shape index (κ3) is 7.70. The van der Waals surface area contributed by atoms with E-state index in [1.54, 1.807) is 34.0 Å². The molecule has 3 N–H and O–H groups in total. The Balaban J connectivity index is 0.797. The van der Waals surface area contributed by atoms with E-state index in [2.05, 4.69) is 63.4 Å². The van der Waals surface area contributed by atoms with Crippen LogP contribution in [0.5, 0.6) is 0 Å². The maximum absolute atomic E-state index is 16.1. The van der Waals surface area contributed by atoms with Crippen LogP contribution in [-0.4, -0.2) is 130 Å². The number of piperidine rings is 1. The molecule has 1 unspecified atom stereocenters. The largest absolute Gasteiger partial charge is 0.393 e. The number of benzene rings is 2. The van der Waals surface area contributed by atoms with Crippen molar-refractivity contribution < 1.29 is 32.3 Å². The van der Waals surface area contributed by atoms with Crippen molar-refractivity contribution in [2.45, 2.75) is 119 Å². The van der Waals surface area contributed by atoms with Gasteiger partial charge in [0.25, 0.3) is 0 Å². The second-order valence-electron chi connectivity index (χ2n) is 19.2. The van der Waals surface area contributed by atoms with E-state index in [9.17, 15) is 27.9 Å². The Labute approximate surface area is 378 Å². The molecule has 10 rings (SSSR count). The molecule has 0 radical (unpaired) electrons. The van der Waals surface area contributed by atoms with Gasteiger partial charge in [0.1, 0.15) is 12.0 Å². The zero-order valence-electron chi connectivity index (χ0n) is 37.4. The van der Waals surface area contributed by atoms with Gasteiger partial charge in [0.15, 0.2) is 5.82 Å². The number of aliphatic hydroxyl groups is 1. The van der Waals surface area contributed by atoms with Gasteiger partial charge >= 0.3 is 6.03 Å². The van der Waals surface area contributed by atoms with Crippen molar-refractivity contribution in [2.75, 3.05) is 59.3 Å². The number of aromatic nitrogens is 4. The highest BCUT2D eigenvalue weighted by Gasteiger charge is 2.61. The number of imide groups is 1. The molecule has 346 valence electrons. The van der Waals surface area contributed by atoms with Crippen LogP contribution in [0.3, 0.4) is 0 Å². The van der Waals surface area contributed by atoms with Crippen molar-refractivity contribution in [1.29, 1.82) is 0 Å². The van der Waals surface area contributed by atoms with Crippen molar-refractivity contribution in [1.82, 2.24) is 34.3 Å². The molecule has 4 amide bonds.